The summed E-state index contributed by atoms with van der Waals surface area (Å²) >= 11 is 0. The molecular weight excluding hydrogens is 422 g/mol. The molecule has 0 aliphatic carbocycles. The summed E-state index contributed by atoms with van der Waals surface area (Å²) in [7, 11) is -3.56. The first-order chi connectivity index (χ1) is 15.5. The van der Waals surface area contributed by atoms with Gasteiger partial charge in [0.2, 0.25) is 15.9 Å². The summed E-state index contributed by atoms with van der Waals surface area (Å²) in [5.74, 6) is -0.118. The fourth-order valence-corrected chi connectivity index (χ4v) is 5.57. The molecule has 2 N–H and O–H groups in total. The maximum atomic E-state index is 13.1. The summed E-state index contributed by atoms with van der Waals surface area (Å²) in [5, 5.41) is 8.24. The fraction of sp³-hybridized carbons (Fsp3) is 0.320. The van der Waals surface area contributed by atoms with E-state index in [2.05, 4.69) is 10.6 Å². The minimum absolute atomic E-state index is 0.0208. The molecule has 0 atom stereocenters. The van der Waals surface area contributed by atoms with Crippen molar-refractivity contribution < 1.29 is 13.2 Å². The van der Waals surface area contributed by atoms with Gasteiger partial charge in [-0.15, -0.1) is 0 Å². The molecule has 1 heterocycles. The van der Waals surface area contributed by atoms with Crippen molar-refractivity contribution in [2.75, 3.05) is 31.5 Å². The fourth-order valence-electron chi connectivity index (χ4n) is 4.07. The van der Waals surface area contributed by atoms with Crippen LogP contribution in [0.1, 0.15) is 19.3 Å². The van der Waals surface area contributed by atoms with Gasteiger partial charge < -0.3 is 10.6 Å². The van der Waals surface area contributed by atoms with Crippen LogP contribution in [0.5, 0.6) is 0 Å². The van der Waals surface area contributed by atoms with Crippen molar-refractivity contribution in [3.63, 3.8) is 0 Å². The second kappa shape index (κ2) is 10.1. The Morgan fingerprint density at radius 3 is 2.31 bits per heavy atom. The SMILES string of the molecule is O=C(NCCCNc1ccccc1)C1CCN(S(=O)(=O)c2ccc3ccccc3c2)CC1. The van der Waals surface area contributed by atoms with E-state index in [1.165, 1.54) is 4.31 Å². The molecule has 0 spiro atoms. The van der Waals surface area contributed by atoms with Crippen LogP contribution in [-0.2, 0) is 14.8 Å². The molecule has 0 saturated carbocycles. The van der Waals surface area contributed by atoms with Crippen LogP contribution in [0.2, 0.25) is 0 Å². The Labute approximate surface area is 189 Å². The van der Waals surface area contributed by atoms with Crippen LogP contribution in [0.4, 0.5) is 5.69 Å². The molecule has 32 heavy (non-hydrogen) atoms. The molecule has 0 radical (unpaired) electrons. The second-order valence-corrected chi connectivity index (χ2v) is 10.1. The van der Waals surface area contributed by atoms with Gasteiger partial charge in [-0.05, 0) is 54.3 Å². The number of nitrogens with zero attached hydrogens (tertiary/aromatic N) is 1. The minimum atomic E-state index is -3.56. The number of hydrogen-bond donors (Lipinski definition) is 2. The molecule has 0 aromatic heterocycles. The molecule has 7 heteroatoms. The maximum absolute atomic E-state index is 13.1. The molecule has 1 amide bonds. The van der Waals surface area contributed by atoms with E-state index < -0.39 is 10.0 Å². The first-order valence-corrected chi connectivity index (χ1v) is 12.5. The summed E-state index contributed by atoms with van der Waals surface area (Å²) in [6.07, 6.45) is 1.91. The Hall–Kier alpha value is -2.90. The quantitative estimate of drug-likeness (QED) is 0.510. The van der Waals surface area contributed by atoms with E-state index in [1.807, 2.05) is 60.7 Å². The second-order valence-electron chi connectivity index (χ2n) is 8.12. The third kappa shape index (κ3) is 5.29. The van der Waals surface area contributed by atoms with E-state index in [4.69, 9.17) is 0 Å². The maximum Gasteiger partial charge on any atom is 0.243 e. The largest absolute Gasteiger partial charge is 0.385 e. The first-order valence-electron chi connectivity index (χ1n) is 11.1. The Morgan fingerprint density at radius 1 is 0.875 bits per heavy atom. The van der Waals surface area contributed by atoms with Crippen LogP contribution >= 0.6 is 0 Å². The number of fused-ring (bicyclic) bond motifs is 1. The van der Waals surface area contributed by atoms with E-state index in [1.54, 1.807) is 12.1 Å². The van der Waals surface area contributed by atoms with Gasteiger partial charge in [-0.3, -0.25) is 4.79 Å². The van der Waals surface area contributed by atoms with Gasteiger partial charge in [0.05, 0.1) is 4.90 Å². The highest BCUT2D eigenvalue weighted by molar-refractivity contribution is 7.89. The molecular formula is C25H29N3O3S. The minimum Gasteiger partial charge on any atom is -0.385 e. The Morgan fingerprint density at radius 2 is 1.56 bits per heavy atom. The molecule has 168 valence electrons. The van der Waals surface area contributed by atoms with Gasteiger partial charge >= 0.3 is 0 Å². The smallest absolute Gasteiger partial charge is 0.243 e. The summed E-state index contributed by atoms with van der Waals surface area (Å²) in [6.45, 7) is 2.12. The van der Waals surface area contributed by atoms with Gasteiger partial charge in [-0.2, -0.15) is 4.31 Å². The van der Waals surface area contributed by atoms with Crippen LogP contribution in [0.25, 0.3) is 10.8 Å². The van der Waals surface area contributed by atoms with Crippen molar-refractivity contribution in [1.82, 2.24) is 9.62 Å². The van der Waals surface area contributed by atoms with E-state index in [0.29, 0.717) is 37.4 Å². The number of anilines is 1. The Kier molecular flexibility index (Phi) is 7.07. The van der Waals surface area contributed by atoms with Crippen molar-refractivity contribution in [2.45, 2.75) is 24.2 Å². The molecule has 1 aliphatic rings. The summed E-state index contributed by atoms with van der Waals surface area (Å²) in [5.41, 5.74) is 1.07. The average molecular weight is 452 g/mol. The van der Waals surface area contributed by atoms with E-state index in [-0.39, 0.29) is 11.8 Å². The molecule has 1 aliphatic heterocycles. The number of sulfonamides is 1. The summed E-state index contributed by atoms with van der Waals surface area (Å²) in [6, 6.07) is 22.9. The topological polar surface area (TPSA) is 78.5 Å². The highest BCUT2D eigenvalue weighted by Gasteiger charge is 2.32. The van der Waals surface area contributed by atoms with Gasteiger partial charge in [0, 0.05) is 37.8 Å². The highest BCUT2D eigenvalue weighted by atomic mass is 32.2. The normalized spacial score (nSPS) is 15.5. The third-order valence-corrected chi connectivity index (χ3v) is 7.83. The van der Waals surface area contributed by atoms with E-state index in [9.17, 15) is 13.2 Å². The number of nitrogens with one attached hydrogen (secondary N) is 2. The number of para-hydroxylation sites is 1. The van der Waals surface area contributed by atoms with Crippen LogP contribution in [0.15, 0.2) is 77.7 Å². The zero-order valence-electron chi connectivity index (χ0n) is 18.0. The van der Waals surface area contributed by atoms with Gasteiger partial charge in [0.1, 0.15) is 0 Å². The highest BCUT2D eigenvalue weighted by Crippen LogP contribution is 2.26. The number of amides is 1. The summed E-state index contributed by atoms with van der Waals surface area (Å²) in [4.78, 5) is 12.8. The van der Waals surface area contributed by atoms with Gasteiger partial charge in [-0.1, -0.05) is 48.5 Å². The molecule has 0 bridgehead atoms. The van der Waals surface area contributed by atoms with Gasteiger partial charge in [0.25, 0.3) is 0 Å². The molecule has 4 rings (SSSR count). The van der Waals surface area contributed by atoms with Crippen LogP contribution in [0, 0.1) is 5.92 Å². The number of piperidine rings is 1. The molecule has 3 aromatic rings. The van der Waals surface area contributed by atoms with Crippen molar-refractivity contribution >= 4 is 32.4 Å². The standard InChI is InChI=1S/C25H29N3O3S/c29-25(27-16-6-15-26-23-9-2-1-3-10-23)21-13-17-28(18-14-21)32(30,31)24-12-11-20-7-4-5-8-22(20)19-24/h1-5,7-12,19,21,26H,6,13-18H2,(H,27,29). The predicted octanol–water partition coefficient (Wildman–Crippen LogP) is 3.86. The third-order valence-electron chi connectivity index (χ3n) is 5.94. The predicted molar refractivity (Wildman–Crippen MR) is 128 cm³/mol. The summed E-state index contributed by atoms with van der Waals surface area (Å²) < 4.78 is 27.7. The molecule has 3 aromatic carbocycles. The molecule has 1 saturated heterocycles. The Bertz CT molecular complexity index is 1160. The zero-order valence-corrected chi connectivity index (χ0v) is 18.9. The lowest BCUT2D eigenvalue weighted by Gasteiger charge is -2.30. The van der Waals surface area contributed by atoms with Crippen molar-refractivity contribution in [3.05, 3.63) is 72.8 Å². The molecule has 1 fully saturated rings. The number of carbonyl (C=O) groups excluding carboxylic acids is 1. The van der Waals surface area contributed by atoms with Gasteiger partial charge in [-0.25, -0.2) is 8.42 Å². The van der Waals surface area contributed by atoms with E-state index >= 15 is 0 Å². The first kappa shape index (κ1) is 22.3. The zero-order chi connectivity index (χ0) is 22.4. The van der Waals surface area contributed by atoms with Crippen LogP contribution < -0.4 is 10.6 Å². The van der Waals surface area contributed by atoms with Crippen molar-refractivity contribution in [2.24, 2.45) is 5.92 Å². The van der Waals surface area contributed by atoms with Crippen LogP contribution in [-0.4, -0.2) is 44.8 Å². The van der Waals surface area contributed by atoms with Crippen LogP contribution in [0.3, 0.4) is 0 Å². The molecule has 0 unspecified atom stereocenters. The van der Waals surface area contributed by atoms with Gasteiger partial charge in [0.15, 0.2) is 0 Å². The van der Waals surface area contributed by atoms with Crippen molar-refractivity contribution in [3.8, 4) is 0 Å². The number of carbonyl (C=O) groups is 1. The number of rotatable bonds is 8. The monoisotopic (exact) mass is 451 g/mol. The lowest BCUT2D eigenvalue weighted by atomic mass is 9.97. The lowest BCUT2D eigenvalue weighted by Crippen LogP contribution is -2.43. The number of benzene rings is 3. The average Bonchev–Trinajstić information content (AvgIpc) is 2.84. The van der Waals surface area contributed by atoms with Crippen molar-refractivity contribution in [1.29, 1.82) is 0 Å². The molecule has 6 nitrogen and oxygen atoms in total. The number of hydrogen-bond acceptors (Lipinski definition) is 4. The lowest BCUT2D eigenvalue weighted by molar-refractivity contribution is -0.126. The Balaban J connectivity index is 1.24. The van der Waals surface area contributed by atoms with E-state index in [0.717, 1.165) is 29.4 Å².